The maximum absolute atomic E-state index is 11.9. The average molecular weight is 281 g/mol. The number of likely N-dealkylation sites (N-methyl/N-ethyl adjacent to an activating group) is 1. The van der Waals surface area contributed by atoms with Crippen molar-refractivity contribution in [2.45, 2.75) is 38.6 Å². The van der Waals surface area contributed by atoms with E-state index < -0.39 is 30.3 Å². The zero-order valence-corrected chi connectivity index (χ0v) is 11.7. The van der Waals surface area contributed by atoms with Crippen LogP contribution in [0.5, 0.6) is 0 Å². The Morgan fingerprint density at radius 1 is 1.20 bits per heavy atom. The minimum atomic E-state index is -0.940. The first-order valence-electron chi connectivity index (χ1n) is 6.84. The van der Waals surface area contributed by atoms with E-state index in [-0.39, 0.29) is 6.04 Å². The number of nitrogens with zero attached hydrogens (tertiary/aromatic N) is 2. The van der Waals surface area contributed by atoms with Crippen LogP contribution in [0, 0.1) is 5.92 Å². The van der Waals surface area contributed by atoms with E-state index in [0.29, 0.717) is 10.8 Å². The lowest BCUT2D eigenvalue weighted by atomic mass is 9.86. The summed E-state index contributed by atoms with van der Waals surface area (Å²) in [6.45, 7) is 1.69. The van der Waals surface area contributed by atoms with Crippen molar-refractivity contribution < 1.29 is 19.2 Å². The minimum Gasteiger partial charge on any atom is -0.352 e. The molecule has 2 aliphatic rings. The lowest BCUT2D eigenvalue weighted by Gasteiger charge is -2.29. The van der Waals surface area contributed by atoms with Crippen molar-refractivity contribution in [2.75, 3.05) is 13.6 Å². The Kier molecular flexibility index (Phi) is 4.06. The quantitative estimate of drug-likeness (QED) is 0.587. The van der Waals surface area contributed by atoms with Gasteiger partial charge in [-0.05, 0) is 18.8 Å². The molecule has 5 amide bonds. The third-order valence-electron chi connectivity index (χ3n) is 4.01. The smallest absolute Gasteiger partial charge is 0.334 e. The van der Waals surface area contributed by atoms with E-state index in [2.05, 4.69) is 12.2 Å². The van der Waals surface area contributed by atoms with Crippen LogP contribution in [0.2, 0.25) is 0 Å². The van der Waals surface area contributed by atoms with Crippen LogP contribution in [0.15, 0.2) is 0 Å². The number of amides is 5. The predicted octanol–water partition coefficient (Wildman–Crippen LogP) is 0.102. The van der Waals surface area contributed by atoms with Crippen LogP contribution in [-0.4, -0.2) is 53.2 Å². The molecule has 2 fully saturated rings. The molecule has 1 aliphatic heterocycles. The molecule has 1 saturated carbocycles. The van der Waals surface area contributed by atoms with Crippen molar-refractivity contribution in [1.82, 2.24) is 15.1 Å². The van der Waals surface area contributed by atoms with Gasteiger partial charge in [0.1, 0.15) is 6.54 Å². The third-order valence-corrected chi connectivity index (χ3v) is 4.01. The molecule has 0 radical (unpaired) electrons. The molecular formula is C13H19N3O4. The summed E-state index contributed by atoms with van der Waals surface area (Å²) in [5, 5.41) is 2.85. The predicted molar refractivity (Wildman–Crippen MR) is 69.4 cm³/mol. The van der Waals surface area contributed by atoms with Gasteiger partial charge in [0.2, 0.25) is 5.91 Å². The number of imide groups is 2. The summed E-state index contributed by atoms with van der Waals surface area (Å²) in [6, 6.07) is -0.663. The number of rotatable bonds is 3. The molecule has 7 nitrogen and oxygen atoms in total. The van der Waals surface area contributed by atoms with E-state index in [1.807, 2.05) is 0 Å². The molecule has 2 atom stereocenters. The van der Waals surface area contributed by atoms with Crippen molar-refractivity contribution in [1.29, 1.82) is 0 Å². The van der Waals surface area contributed by atoms with Crippen LogP contribution >= 0.6 is 0 Å². The van der Waals surface area contributed by atoms with Crippen molar-refractivity contribution in [3.8, 4) is 0 Å². The third kappa shape index (κ3) is 2.66. The summed E-state index contributed by atoms with van der Waals surface area (Å²) in [4.78, 5) is 47.9. The van der Waals surface area contributed by atoms with Crippen LogP contribution < -0.4 is 5.32 Å². The first-order valence-corrected chi connectivity index (χ1v) is 6.84. The molecule has 1 saturated heterocycles. The van der Waals surface area contributed by atoms with E-state index >= 15 is 0 Å². The van der Waals surface area contributed by atoms with Crippen molar-refractivity contribution in [3.63, 3.8) is 0 Å². The van der Waals surface area contributed by atoms with Crippen molar-refractivity contribution >= 4 is 23.8 Å². The highest BCUT2D eigenvalue weighted by molar-refractivity contribution is 6.44. The number of carbonyl (C=O) groups is 4. The molecule has 0 bridgehead atoms. The molecule has 0 aromatic heterocycles. The Hall–Kier alpha value is -1.92. The Balaban J connectivity index is 1.93. The van der Waals surface area contributed by atoms with E-state index in [0.717, 1.165) is 30.6 Å². The van der Waals surface area contributed by atoms with Gasteiger partial charge in [-0.25, -0.2) is 9.69 Å². The summed E-state index contributed by atoms with van der Waals surface area (Å²) in [6.07, 6.45) is 4.20. The average Bonchev–Trinajstić information content (AvgIpc) is 2.59. The Morgan fingerprint density at radius 2 is 1.85 bits per heavy atom. The van der Waals surface area contributed by atoms with Crippen LogP contribution in [0.1, 0.15) is 32.6 Å². The molecule has 0 aromatic rings. The number of hydrogen-bond donors (Lipinski definition) is 1. The monoisotopic (exact) mass is 281 g/mol. The van der Waals surface area contributed by atoms with Crippen LogP contribution in [0.3, 0.4) is 0 Å². The summed E-state index contributed by atoms with van der Waals surface area (Å²) in [5.41, 5.74) is 0. The number of carbonyl (C=O) groups excluding carboxylic acids is 4. The molecule has 1 heterocycles. The van der Waals surface area contributed by atoms with E-state index in [9.17, 15) is 19.2 Å². The summed E-state index contributed by atoms with van der Waals surface area (Å²) < 4.78 is 0. The molecule has 1 N–H and O–H groups in total. The zero-order valence-electron chi connectivity index (χ0n) is 11.7. The lowest BCUT2D eigenvalue weighted by Crippen LogP contribution is -2.47. The highest BCUT2D eigenvalue weighted by atomic mass is 16.2. The van der Waals surface area contributed by atoms with E-state index in [1.54, 1.807) is 0 Å². The van der Waals surface area contributed by atoms with Gasteiger partial charge in [0.15, 0.2) is 0 Å². The summed E-state index contributed by atoms with van der Waals surface area (Å²) in [7, 11) is 1.23. The van der Waals surface area contributed by atoms with Gasteiger partial charge in [-0.3, -0.25) is 19.3 Å². The first kappa shape index (κ1) is 14.5. The van der Waals surface area contributed by atoms with Crippen LogP contribution in [0.4, 0.5) is 4.79 Å². The normalized spacial score (nSPS) is 27.2. The Labute approximate surface area is 117 Å². The molecule has 0 aromatic carbocycles. The Bertz CT molecular complexity index is 463. The molecule has 0 spiro atoms. The fourth-order valence-electron chi connectivity index (χ4n) is 2.68. The molecule has 7 heteroatoms. The number of hydrogen-bond acceptors (Lipinski definition) is 4. The van der Waals surface area contributed by atoms with Crippen molar-refractivity contribution in [3.05, 3.63) is 0 Å². The second-order valence-electron chi connectivity index (χ2n) is 5.47. The molecule has 110 valence electrons. The highest BCUT2D eigenvalue weighted by Gasteiger charge is 2.43. The summed E-state index contributed by atoms with van der Waals surface area (Å²) in [5.74, 6) is -1.84. The Morgan fingerprint density at radius 3 is 2.40 bits per heavy atom. The largest absolute Gasteiger partial charge is 0.352 e. The van der Waals surface area contributed by atoms with Gasteiger partial charge in [-0.15, -0.1) is 0 Å². The molecule has 1 aliphatic carbocycles. The van der Waals surface area contributed by atoms with Gasteiger partial charge < -0.3 is 5.32 Å². The van der Waals surface area contributed by atoms with Gasteiger partial charge in [-0.2, -0.15) is 0 Å². The van der Waals surface area contributed by atoms with E-state index in [4.69, 9.17) is 0 Å². The fourth-order valence-corrected chi connectivity index (χ4v) is 2.68. The van der Waals surface area contributed by atoms with Gasteiger partial charge in [0, 0.05) is 13.1 Å². The fraction of sp³-hybridized carbons (Fsp3) is 0.692. The maximum Gasteiger partial charge on any atom is 0.334 e. The van der Waals surface area contributed by atoms with Gasteiger partial charge in [-0.1, -0.05) is 19.8 Å². The second-order valence-corrected chi connectivity index (χ2v) is 5.47. The SMILES string of the molecule is C[C@@H]1CCCC[C@@H]1NC(=O)CN1C(=O)C(=O)N(C)C1=O. The summed E-state index contributed by atoms with van der Waals surface area (Å²) >= 11 is 0. The number of nitrogens with one attached hydrogen (secondary N) is 1. The van der Waals surface area contributed by atoms with Crippen molar-refractivity contribution in [2.24, 2.45) is 5.92 Å². The standard InChI is InChI=1S/C13H19N3O4/c1-8-5-3-4-6-9(8)14-10(17)7-16-12(19)11(18)15(2)13(16)20/h8-9H,3-7H2,1-2H3,(H,14,17)/t8-,9+/m1/s1. The topological polar surface area (TPSA) is 86.8 Å². The van der Waals surface area contributed by atoms with E-state index in [1.165, 1.54) is 7.05 Å². The first-order chi connectivity index (χ1) is 9.41. The van der Waals surface area contributed by atoms with Crippen LogP contribution in [-0.2, 0) is 14.4 Å². The molecule has 2 rings (SSSR count). The number of urea groups is 1. The molecule has 0 unspecified atom stereocenters. The maximum atomic E-state index is 11.9. The van der Waals surface area contributed by atoms with Crippen LogP contribution in [0.25, 0.3) is 0 Å². The van der Waals surface area contributed by atoms with Gasteiger partial charge in [0.25, 0.3) is 0 Å². The second kappa shape index (κ2) is 5.60. The molecular weight excluding hydrogens is 262 g/mol. The van der Waals surface area contributed by atoms with Gasteiger partial charge >= 0.3 is 17.8 Å². The lowest BCUT2D eigenvalue weighted by molar-refractivity contribution is -0.143. The molecule has 20 heavy (non-hydrogen) atoms. The zero-order chi connectivity index (χ0) is 14.9. The minimum absolute atomic E-state index is 0.0810. The van der Waals surface area contributed by atoms with Gasteiger partial charge in [0.05, 0.1) is 0 Å². The highest BCUT2D eigenvalue weighted by Crippen LogP contribution is 2.23.